The number of nitrogens with zero attached hydrogens (tertiary/aromatic N) is 3. The van der Waals surface area contributed by atoms with Crippen LogP contribution in [0.3, 0.4) is 0 Å². The third-order valence-corrected chi connectivity index (χ3v) is 8.03. The van der Waals surface area contributed by atoms with E-state index in [1.807, 2.05) is 18.2 Å². The smallest absolute Gasteiger partial charge is 0.254 e. The van der Waals surface area contributed by atoms with Crippen LogP contribution in [0.15, 0.2) is 45.4 Å². The maximum atomic E-state index is 15.0. The average molecular weight is 550 g/mol. The molecule has 0 aliphatic heterocycles. The fraction of sp³-hybridized carbons (Fsp3) is 0.345. The second-order valence-corrected chi connectivity index (χ2v) is 10.8. The third-order valence-electron chi connectivity index (χ3n) is 7.81. The number of methoxy groups -OCH3 is 1. The Kier molecular flexibility index (Phi) is 6.33. The number of Topliss-reactive ketones (excluding diaryl/α,β-unsaturated/α-hetero) is 2. The van der Waals surface area contributed by atoms with Crippen molar-refractivity contribution in [1.29, 1.82) is 0 Å². The highest BCUT2D eigenvalue weighted by molar-refractivity contribution is 6.31. The lowest BCUT2D eigenvalue weighted by atomic mass is 9.85. The zero-order valence-corrected chi connectivity index (χ0v) is 22.2. The number of hydrogen-bond acceptors (Lipinski definition) is 8. The van der Waals surface area contributed by atoms with Crippen LogP contribution >= 0.6 is 11.6 Å². The molecule has 39 heavy (non-hydrogen) atoms. The van der Waals surface area contributed by atoms with Crippen LogP contribution in [0.1, 0.15) is 65.6 Å². The first-order valence-electron chi connectivity index (χ1n) is 12.8. The molecule has 6 rings (SSSR count). The number of ketones is 2. The molecule has 0 unspecified atom stereocenters. The van der Waals surface area contributed by atoms with Gasteiger partial charge in [0.1, 0.15) is 11.6 Å². The van der Waals surface area contributed by atoms with Crippen LogP contribution in [0.25, 0.3) is 22.5 Å². The van der Waals surface area contributed by atoms with Crippen LogP contribution in [-0.2, 0) is 11.2 Å². The van der Waals surface area contributed by atoms with Gasteiger partial charge in [-0.2, -0.15) is 4.98 Å². The molecule has 2 aromatic heterocycles. The Bertz CT molecular complexity index is 1610. The number of carbonyl (C=O) groups excluding carboxylic acids is 2. The van der Waals surface area contributed by atoms with Gasteiger partial charge in [-0.1, -0.05) is 35.0 Å². The molecule has 10 heteroatoms. The summed E-state index contributed by atoms with van der Waals surface area (Å²) in [6, 6.07) is 10.3. The molecule has 8 nitrogen and oxygen atoms in total. The van der Waals surface area contributed by atoms with E-state index in [4.69, 9.17) is 25.4 Å². The van der Waals surface area contributed by atoms with E-state index in [-0.39, 0.29) is 52.0 Å². The zero-order valence-electron chi connectivity index (χ0n) is 21.4. The molecule has 0 amide bonds. The molecule has 0 radical (unpaired) electrons. The number of fused-ring (bicyclic) bond motifs is 1. The Balaban J connectivity index is 1.21. The minimum atomic E-state index is -0.629. The van der Waals surface area contributed by atoms with Gasteiger partial charge in [0.2, 0.25) is 23.3 Å². The lowest BCUT2D eigenvalue weighted by molar-refractivity contribution is -0.124. The van der Waals surface area contributed by atoms with Crippen molar-refractivity contribution < 1.29 is 27.8 Å². The van der Waals surface area contributed by atoms with Gasteiger partial charge in [0.25, 0.3) is 5.88 Å². The molecule has 2 heterocycles. The highest BCUT2D eigenvalue weighted by Gasteiger charge is 2.51. The fourth-order valence-electron chi connectivity index (χ4n) is 5.54. The summed E-state index contributed by atoms with van der Waals surface area (Å²) in [5.41, 5.74) is 3.17. The molecule has 1 fully saturated rings. The summed E-state index contributed by atoms with van der Waals surface area (Å²) < 4.78 is 30.2. The van der Waals surface area contributed by atoms with Crippen molar-refractivity contribution in [3.63, 3.8) is 0 Å². The number of halogens is 2. The molecule has 0 spiro atoms. The molecule has 1 atom stereocenters. The van der Waals surface area contributed by atoms with Crippen LogP contribution in [0, 0.1) is 18.2 Å². The van der Waals surface area contributed by atoms with Crippen molar-refractivity contribution in [1.82, 2.24) is 15.3 Å². The number of aryl methyl sites for hydroxylation is 2. The van der Waals surface area contributed by atoms with Gasteiger partial charge in [-0.25, -0.2) is 4.39 Å². The van der Waals surface area contributed by atoms with Crippen LogP contribution in [0.4, 0.5) is 4.39 Å². The number of hydrogen-bond donors (Lipinski definition) is 0. The fourth-order valence-corrected chi connectivity index (χ4v) is 5.75. The van der Waals surface area contributed by atoms with E-state index in [1.54, 1.807) is 13.0 Å². The van der Waals surface area contributed by atoms with Crippen LogP contribution < -0.4 is 4.74 Å². The lowest BCUT2D eigenvalue weighted by Gasteiger charge is -2.17. The van der Waals surface area contributed by atoms with E-state index < -0.39 is 11.2 Å². The predicted molar refractivity (Wildman–Crippen MR) is 139 cm³/mol. The van der Waals surface area contributed by atoms with E-state index in [0.29, 0.717) is 30.7 Å². The highest BCUT2D eigenvalue weighted by atomic mass is 35.5. The summed E-state index contributed by atoms with van der Waals surface area (Å²) in [6.07, 6.45) is 3.50. The van der Waals surface area contributed by atoms with Gasteiger partial charge in [0.05, 0.1) is 18.7 Å². The molecular weight excluding hydrogens is 525 g/mol. The number of ether oxygens (including phenoxy) is 1. The summed E-state index contributed by atoms with van der Waals surface area (Å²) in [5.74, 6) is 0.237. The predicted octanol–water partition coefficient (Wildman–Crippen LogP) is 6.54. The standard InChI is InChI=1S/C29H25ClFN3O5/c1-15-32-28(34-38-15)27-21(11-19(30)12-22(27)31)17-5-6-20-16(9-17)3-4-18(20)10-25(36)29(7-8-29)14-23(35)24-13-26(37-2)33-39-24/h5-6,9,11-13,18H,3-4,7-8,10,14H2,1-2H3/t18-/m1/s1. The van der Waals surface area contributed by atoms with Gasteiger partial charge >= 0.3 is 0 Å². The quantitative estimate of drug-likeness (QED) is 0.216. The van der Waals surface area contributed by atoms with E-state index in [1.165, 1.54) is 19.2 Å². The Morgan fingerprint density at radius 3 is 2.67 bits per heavy atom. The second-order valence-electron chi connectivity index (χ2n) is 10.3. The molecule has 1 saturated carbocycles. The molecule has 2 aliphatic rings. The summed E-state index contributed by atoms with van der Waals surface area (Å²) in [5, 5.41) is 7.85. The average Bonchev–Trinajstić information content (AvgIpc) is 3.24. The van der Waals surface area contributed by atoms with E-state index in [2.05, 4.69) is 15.3 Å². The highest BCUT2D eigenvalue weighted by Crippen LogP contribution is 2.53. The van der Waals surface area contributed by atoms with Crippen molar-refractivity contribution in [2.45, 2.75) is 51.4 Å². The summed E-state index contributed by atoms with van der Waals surface area (Å²) >= 11 is 6.21. The number of carbonyl (C=O) groups is 2. The topological polar surface area (TPSA) is 108 Å². The van der Waals surface area contributed by atoms with Crippen molar-refractivity contribution >= 4 is 23.2 Å². The first-order chi connectivity index (χ1) is 18.8. The maximum absolute atomic E-state index is 15.0. The molecule has 200 valence electrons. The molecule has 4 aromatic rings. The number of benzene rings is 2. The second kappa shape index (κ2) is 9.72. The Morgan fingerprint density at radius 2 is 1.97 bits per heavy atom. The summed E-state index contributed by atoms with van der Waals surface area (Å²) in [4.78, 5) is 30.3. The Morgan fingerprint density at radius 1 is 1.15 bits per heavy atom. The minimum absolute atomic E-state index is 0.0647. The van der Waals surface area contributed by atoms with Gasteiger partial charge in [-0.05, 0) is 71.1 Å². The van der Waals surface area contributed by atoms with Crippen LogP contribution in [-0.4, -0.2) is 34.0 Å². The third kappa shape index (κ3) is 4.76. The Hall–Kier alpha value is -3.85. The monoisotopic (exact) mass is 549 g/mol. The van der Waals surface area contributed by atoms with Crippen LogP contribution in [0.5, 0.6) is 5.88 Å². The molecule has 2 aliphatic carbocycles. The van der Waals surface area contributed by atoms with E-state index in [9.17, 15) is 9.59 Å². The van der Waals surface area contributed by atoms with Gasteiger partial charge in [0.15, 0.2) is 0 Å². The normalized spacial score (nSPS) is 17.2. The van der Waals surface area contributed by atoms with Crippen molar-refractivity contribution in [3.05, 3.63) is 70.0 Å². The van der Waals surface area contributed by atoms with E-state index >= 15 is 4.39 Å². The number of aromatic nitrogens is 3. The SMILES string of the molecule is COc1cc(C(=O)CC2(C(=O)C[C@H]3CCc4cc(-c5cc(Cl)cc(F)c5-c5noc(C)n5)ccc43)CC2)on1. The van der Waals surface area contributed by atoms with Crippen LogP contribution in [0.2, 0.25) is 5.02 Å². The largest absolute Gasteiger partial charge is 0.479 e. The van der Waals surface area contributed by atoms with Crippen molar-refractivity contribution in [3.8, 4) is 28.4 Å². The van der Waals surface area contributed by atoms with Crippen molar-refractivity contribution in [2.75, 3.05) is 7.11 Å². The van der Waals surface area contributed by atoms with Crippen molar-refractivity contribution in [2.24, 2.45) is 5.41 Å². The number of rotatable bonds is 9. The summed E-state index contributed by atoms with van der Waals surface area (Å²) in [7, 11) is 1.45. The lowest BCUT2D eigenvalue weighted by Crippen LogP contribution is -2.21. The Labute approximate surface area is 228 Å². The molecule has 0 saturated heterocycles. The zero-order chi connectivity index (χ0) is 27.3. The maximum Gasteiger partial charge on any atom is 0.254 e. The minimum Gasteiger partial charge on any atom is -0.479 e. The van der Waals surface area contributed by atoms with Gasteiger partial charge in [0, 0.05) is 30.2 Å². The summed E-state index contributed by atoms with van der Waals surface area (Å²) in [6.45, 7) is 1.65. The molecular formula is C29H25ClFN3O5. The van der Waals surface area contributed by atoms with Gasteiger partial charge in [-0.15, -0.1) is 0 Å². The van der Waals surface area contributed by atoms with Gasteiger partial charge in [-0.3, -0.25) is 9.59 Å². The molecule has 0 N–H and O–H groups in total. The molecule has 2 aromatic carbocycles. The first-order valence-corrected chi connectivity index (χ1v) is 13.1. The molecule has 0 bridgehead atoms. The first kappa shape index (κ1) is 25.4. The van der Waals surface area contributed by atoms with Gasteiger partial charge < -0.3 is 13.8 Å². The van der Waals surface area contributed by atoms with E-state index in [0.717, 1.165) is 29.5 Å².